The van der Waals surface area contributed by atoms with Crippen molar-refractivity contribution in [3.05, 3.63) is 77.1 Å². The lowest BCUT2D eigenvalue weighted by Crippen LogP contribution is -2.26. The van der Waals surface area contributed by atoms with E-state index in [2.05, 4.69) is 21.2 Å². The number of benzene rings is 1. The highest BCUT2D eigenvalue weighted by molar-refractivity contribution is 7.80. The van der Waals surface area contributed by atoms with E-state index in [1.165, 1.54) is 0 Å². The van der Waals surface area contributed by atoms with Crippen molar-refractivity contribution in [1.82, 2.24) is 10.7 Å². The number of para-hydroxylation sites is 1. The number of anilines is 1. The number of nitrogens with zero attached hydrogens (tertiary/aromatic N) is 1. The number of thiocarbonyl (C=S) groups is 1. The second kappa shape index (κ2) is 8.96. The molecule has 30 heavy (non-hydrogen) atoms. The summed E-state index contributed by atoms with van der Waals surface area (Å²) >= 11 is 5.33. The van der Waals surface area contributed by atoms with Crippen LogP contribution in [-0.4, -0.2) is 16.7 Å². The molecule has 0 atom stereocenters. The van der Waals surface area contributed by atoms with Gasteiger partial charge in [-0.25, -0.2) is 0 Å². The number of amides is 1. The largest absolute Gasteiger partial charge is 0.467 e. The number of furan rings is 2. The average Bonchev–Trinajstić information content (AvgIpc) is 3.39. The van der Waals surface area contributed by atoms with E-state index < -0.39 is 0 Å². The lowest BCUT2D eigenvalue weighted by Gasteiger charge is -2.14. The van der Waals surface area contributed by atoms with Crippen LogP contribution in [0, 0.1) is 6.92 Å². The number of carbonyl (C=O) groups is 1. The molecule has 0 radical (unpaired) electrons. The summed E-state index contributed by atoms with van der Waals surface area (Å²) in [5.74, 6) is 1.51. The van der Waals surface area contributed by atoms with Crippen molar-refractivity contribution in [1.29, 1.82) is 0 Å². The van der Waals surface area contributed by atoms with Gasteiger partial charge in [0.2, 0.25) is 0 Å². The molecule has 8 heteroatoms. The normalized spacial score (nSPS) is 14.2. The van der Waals surface area contributed by atoms with E-state index in [-0.39, 0.29) is 5.91 Å². The highest BCUT2D eigenvalue weighted by Gasteiger charge is 2.28. The predicted octanol–water partition coefficient (Wildman–Crippen LogP) is 4.14. The third kappa shape index (κ3) is 4.44. The Hall–Kier alpha value is -3.39. The molecule has 0 saturated carbocycles. The van der Waals surface area contributed by atoms with E-state index in [0.29, 0.717) is 23.2 Å². The lowest BCUT2D eigenvalue weighted by molar-refractivity contribution is 0.0917. The van der Waals surface area contributed by atoms with Gasteiger partial charge in [-0.2, -0.15) is 5.10 Å². The molecule has 0 aliphatic heterocycles. The smallest absolute Gasteiger partial charge is 0.287 e. The third-order valence-electron chi connectivity index (χ3n) is 4.86. The zero-order valence-electron chi connectivity index (χ0n) is 16.5. The van der Waals surface area contributed by atoms with Gasteiger partial charge in [0.05, 0.1) is 18.5 Å². The monoisotopic (exact) mass is 422 g/mol. The van der Waals surface area contributed by atoms with Crippen LogP contribution in [0.2, 0.25) is 0 Å². The van der Waals surface area contributed by atoms with Crippen LogP contribution in [-0.2, 0) is 13.0 Å². The first-order chi connectivity index (χ1) is 14.6. The Morgan fingerprint density at radius 3 is 2.77 bits per heavy atom. The van der Waals surface area contributed by atoms with Gasteiger partial charge in [0.25, 0.3) is 5.91 Å². The van der Waals surface area contributed by atoms with Crippen molar-refractivity contribution in [3.8, 4) is 0 Å². The molecule has 1 aliphatic rings. The molecule has 0 spiro atoms. The number of rotatable bonds is 5. The molecular formula is C22H22N4O3S. The van der Waals surface area contributed by atoms with E-state index in [1.54, 1.807) is 12.3 Å². The van der Waals surface area contributed by atoms with Gasteiger partial charge in [0.15, 0.2) is 10.9 Å². The minimum absolute atomic E-state index is 0.271. The Morgan fingerprint density at radius 1 is 1.17 bits per heavy atom. The zero-order chi connectivity index (χ0) is 20.9. The van der Waals surface area contributed by atoms with Crippen LogP contribution in [0.4, 0.5) is 5.69 Å². The van der Waals surface area contributed by atoms with Crippen molar-refractivity contribution >= 4 is 34.6 Å². The summed E-state index contributed by atoms with van der Waals surface area (Å²) in [6.45, 7) is 2.18. The Morgan fingerprint density at radius 2 is 2.00 bits per heavy atom. The van der Waals surface area contributed by atoms with Gasteiger partial charge < -0.3 is 19.5 Å². The molecule has 4 rings (SSSR count). The van der Waals surface area contributed by atoms with E-state index in [9.17, 15) is 4.79 Å². The third-order valence-corrected chi connectivity index (χ3v) is 5.05. The fraction of sp³-hybridized carbons (Fsp3) is 0.227. The van der Waals surface area contributed by atoms with Gasteiger partial charge in [-0.15, -0.1) is 0 Å². The van der Waals surface area contributed by atoms with E-state index in [1.807, 2.05) is 43.3 Å². The van der Waals surface area contributed by atoms with Gasteiger partial charge in [-0.1, -0.05) is 18.2 Å². The van der Waals surface area contributed by atoms with Crippen molar-refractivity contribution in [3.63, 3.8) is 0 Å². The number of hydrogen-bond donors (Lipinski definition) is 3. The molecule has 2 aromatic heterocycles. The van der Waals surface area contributed by atoms with Gasteiger partial charge in [-0.3, -0.25) is 10.2 Å². The van der Waals surface area contributed by atoms with Gasteiger partial charge in [0, 0.05) is 23.2 Å². The predicted molar refractivity (Wildman–Crippen MR) is 119 cm³/mol. The maximum absolute atomic E-state index is 12.6. The summed E-state index contributed by atoms with van der Waals surface area (Å²) < 4.78 is 11.2. The van der Waals surface area contributed by atoms with E-state index in [0.717, 1.165) is 47.5 Å². The molecule has 3 N–H and O–H groups in total. The molecule has 1 aromatic carbocycles. The Kier molecular flexibility index (Phi) is 5.94. The molecule has 3 aromatic rings. The summed E-state index contributed by atoms with van der Waals surface area (Å²) in [5, 5.41) is 10.8. The standard InChI is InChI=1S/C22H22N4O3S/c1-14-19-17(25-26-22(30)24-15-7-3-2-4-8-15)10-5-11-18(19)29-20(14)21(27)23-13-16-9-6-12-28-16/h2-4,6-9,12H,5,10-11,13H2,1H3,(H,23,27)(H2,24,26,30)/b25-17+. The summed E-state index contributed by atoms with van der Waals surface area (Å²) in [7, 11) is 0. The first kappa shape index (κ1) is 19.9. The van der Waals surface area contributed by atoms with Crippen LogP contribution in [0.1, 0.15) is 46.0 Å². The molecule has 0 bridgehead atoms. The number of carbonyl (C=O) groups excluding carboxylic acids is 1. The number of hydrogen-bond acceptors (Lipinski definition) is 5. The van der Waals surface area contributed by atoms with Crippen LogP contribution in [0.25, 0.3) is 0 Å². The first-order valence-corrected chi connectivity index (χ1v) is 10.1. The van der Waals surface area contributed by atoms with Crippen LogP contribution in [0.15, 0.2) is 62.7 Å². The zero-order valence-corrected chi connectivity index (χ0v) is 17.3. The molecule has 154 valence electrons. The van der Waals surface area contributed by atoms with Gasteiger partial charge in [0.1, 0.15) is 11.5 Å². The molecule has 7 nitrogen and oxygen atoms in total. The Balaban J connectivity index is 1.47. The Bertz CT molecular complexity index is 1070. The maximum Gasteiger partial charge on any atom is 0.287 e. The molecule has 1 amide bonds. The van der Waals surface area contributed by atoms with Crippen LogP contribution >= 0.6 is 12.2 Å². The molecule has 0 saturated heterocycles. The summed E-state index contributed by atoms with van der Waals surface area (Å²) in [4.78, 5) is 12.6. The molecule has 0 unspecified atom stereocenters. The minimum atomic E-state index is -0.271. The van der Waals surface area contributed by atoms with E-state index in [4.69, 9.17) is 21.1 Å². The molecule has 2 heterocycles. The SMILES string of the molecule is Cc1c(C(=O)NCc2ccco2)oc2c1/C(=N/NC(=S)Nc1ccccc1)CCC2. The van der Waals surface area contributed by atoms with Gasteiger partial charge in [-0.05, 0) is 56.2 Å². The van der Waals surface area contributed by atoms with Crippen molar-refractivity contribution in [2.24, 2.45) is 5.10 Å². The second-order valence-electron chi connectivity index (χ2n) is 6.96. The topological polar surface area (TPSA) is 91.8 Å². The first-order valence-electron chi connectivity index (χ1n) is 9.73. The fourth-order valence-electron chi connectivity index (χ4n) is 3.46. The molecular weight excluding hydrogens is 400 g/mol. The van der Waals surface area contributed by atoms with Crippen molar-refractivity contribution in [2.45, 2.75) is 32.7 Å². The highest BCUT2D eigenvalue weighted by Crippen LogP contribution is 2.29. The van der Waals surface area contributed by atoms with Crippen molar-refractivity contribution in [2.75, 3.05) is 5.32 Å². The summed E-state index contributed by atoms with van der Waals surface area (Å²) in [6.07, 6.45) is 4.02. The van der Waals surface area contributed by atoms with Crippen molar-refractivity contribution < 1.29 is 13.6 Å². The Labute approximate surface area is 179 Å². The quantitative estimate of drug-likeness (QED) is 0.423. The highest BCUT2D eigenvalue weighted by atomic mass is 32.1. The van der Waals surface area contributed by atoms with E-state index >= 15 is 0 Å². The van der Waals surface area contributed by atoms with Gasteiger partial charge >= 0.3 is 0 Å². The number of hydrazone groups is 1. The van der Waals surface area contributed by atoms with Crippen LogP contribution < -0.4 is 16.1 Å². The minimum Gasteiger partial charge on any atom is -0.467 e. The fourth-order valence-corrected chi connectivity index (χ4v) is 3.62. The molecule has 1 aliphatic carbocycles. The summed E-state index contributed by atoms with van der Waals surface area (Å²) in [5.41, 5.74) is 6.29. The van der Waals surface area contributed by atoms with Crippen LogP contribution in [0.3, 0.4) is 0 Å². The average molecular weight is 423 g/mol. The number of aryl methyl sites for hydroxylation is 1. The second-order valence-corrected chi connectivity index (χ2v) is 7.37. The summed E-state index contributed by atoms with van der Waals surface area (Å²) in [6, 6.07) is 13.2. The number of nitrogens with one attached hydrogen (secondary N) is 3. The number of fused-ring (bicyclic) bond motifs is 1. The van der Waals surface area contributed by atoms with Crippen LogP contribution in [0.5, 0.6) is 0 Å². The lowest BCUT2D eigenvalue weighted by atomic mass is 9.93. The molecule has 0 fully saturated rings. The maximum atomic E-state index is 12.6.